The number of carbonyl (C=O) groups is 1. The van der Waals surface area contributed by atoms with E-state index in [0.29, 0.717) is 24.3 Å². The van der Waals surface area contributed by atoms with E-state index in [1.807, 2.05) is 6.07 Å². The summed E-state index contributed by atoms with van der Waals surface area (Å²) in [6, 6.07) is 1.62. The van der Waals surface area contributed by atoms with Crippen LogP contribution in [0.5, 0.6) is 0 Å². The maximum atomic E-state index is 12.9. The summed E-state index contributed by atoms with van der Waals surface area (Å²) in [4.78, 5) is 21.4. The van der Waals surface area contributed by atoms with Crippen molar-refractivity contribution in [3.63, 3.8) is 0 Å². The summed E-state index contributed by atoms with van der Waals surface area (Å²) in [5, 5.41) is 13.7. The number of aliphatic hydroxyl groups is 1. The van der Waals surface area contributed by atoms with Crippen LogP contribution < -0.4 is 5.32 Å². The molecule has 0 saturated heterocycles. The smallest absolute Gasteiger partial charge is 0.266 e. The SMILES string of the molecule is O=C(NC1CCC(O)(C(F)F)CC1)c1cnc2ccncc2c1C1CC1. The van der Waals surface area contributed by atoms with Gasteiger partial charge in [-0.05, 0) is 56.1 Å². The normalized spacial score (nSPS) is 26.2. The number of alkyl halides is 2. The highest BCUT2D eigenvalue weighted by atomic mass is 19.3. The maximum Gasteiger partial charge on any atom is 0.266 e. The van der Waals surface area contributed by atoms with Crippen molar-refractivity contribution in [1.82, 2.24) is 15.3 Å². The van der Waals surface area contributed by atoms with E-state index in [2.05, 4.69) is 15.3 Å². The lowest BCUT2D eigenvalue weighted by atomic mass is 9.82. The first-order valence-corrected chi connectivity index (χ1v) is 9.02. The lowest BCUT2D eigenvalue weighted by molar-refractivity contribution is -0.119. The van der Waals surface area contributed by atoms with Gasteiger partial charge in [0.2, 0.25) is 0 Å². The van der Waals surface area contributed by atoms with Crippen LogP contribution in [0.25, 0.3) is 10.9 Å². The van der Waals surface area contributed by atoms with Crippen LogP contribution in [0, 0.1) is 0 Å². The molecule has 2 aliphatic carbocycles. The minimum atomic E-state index is -2.75. The molecule has 0 aromatic carbocycles. The van der Waals surface area contributed by atoms with Gasteiger partial charge in [-0.1, -0.05) is 0 Å². The molecule has 2 heterocycles. The summed E-state index contributed by atoms with van der Waals surface area (Å²) in [6.07, 6.45) is 5.02. The zero-order valence-corrected chi connectivity index (χ0v) is 14.3. The van der Waals surface area contributed by atoms with Gasteiger partial charge in [-0.2, -0.15) is 0 Å². The molecule has 1 amide bonds. The van der Waals surface area contributed by atoms with Crippen molar-refractivity contribution in [3.05, 3.63) is 35.8 Å². The van der Waals surface area contributed by atoms with Crippen molar-refractivity contribution in [2.24, 2.45) is 0 Å². The molecular weight excluding hydrogens is 340 g/mol. The number of fused-ring (bicyclic) bond motifs is 1. The number of amides is 1. The van der Waals surface area contributed by atoms with E-state index in [0.717, 1.165) is 29.3 Å². The summed E-state index contributed by atoms with van der Waals surface area (Å²) in [5.74, 6) is 0.123. The molecule has 2 fully saturated rings. The van der Waals surface area contributed by atoms with E-state index in [-0.39, 0.29) is 24.8 Å². The highest BCUT2D eigenvalue weighted by Gasteiger charge is 2.41. The fourth-order valence-corrected chi connectivity index (χ4v) is 3.79. The molecule has 2 saturated carbocycles. The molecule has 2 N–H and O–H groups in total. The van der Waals surface area contributed by atoms with Gasteiger partial charge in [0.15, 0.2) is 0 Å². The molecule has 5 nitrogen and oxygen atoms in total. The molecule has 0 aliphatic heterocycles. The Labute approximate surface area is 149 Å². The van der Waals surface area contributed by atoms with Crippen LogP contribution in [0.1, 0.15) is 60.4 Å². The average Bonchev–Trinajstić information content (AvgIpc) is 3.47. The molecule has 4 rings (SSSR count). The van der Waals surface area contributed by atoms with Crippen LogP contribution in [-0.4, -0.2) is 39.1 Å². The summed E-state index contributed by atoms with van der Waals surface area (Å²) >= 11 is 0. The molecule has 2 aliphatic rings. The van der Waals surface area contributed by atoms with Crippen LogP contribution in [-0.2, 0) is 0 Å². The summed E-state index contributed by atoms with van der Waals surface area (Å²) in [7, 11) is 0. The lowest BCUT2D eigenvalue weighted by Crippen LogP contribution is -2.47. The quantitative estimate of drug-likeness (QED) is 0.877. The minimum absolute atomic E-state index is 0.00894. The van der Waals surface area contributed by atoms with Crippen LogP contribution in [0.2, 0.25) is 0 Å². The molecule has 0 unspecified atom stereocenters. The van der Waals surface area contributed by atoms with Crippen molar-refractivity contribution >= 4 is 16.8 Å². The topological polar surface area (TPSA) is 75.1 Å². The lowest BCUT2D eigenvalue weighted by Gasteiger charge is -2.35. The standard InChI is InChI=1S/C19H21F2N3O2/c20-18(21)19(26)6-3-12(4-7-19)24-17(25)14-10-23-15-5-8-22-9-13(15)16(14)11-1-2-11/h5,8-12,18,26H,1-4,6-7H2,(H,24,25). The largest absolute Gasteiger partial charge is 0.384 e. The highest BCUT2D eigenvalue weighted by Crippen LogP contribution is 2.44. The first kappa shape index (κ1) is 17.3. The molecule has 0 bridgehead atoms. The average molecular weight is 361 g/mol. The van der Waals surface area contributed by atoms with Gasteiger partial charge in [-0.25, -0.2) is 8.78 Å². The summed E-state index contributed by atoms with van der Waals surface area (Å²) in [5.41, 5.74) is 0.428. The number of nitrogens with one attached hydrogen (secondary N) is 1. The second kappa shape index (κ2) is 6.54. The number of nitrogens with zero attached hydrogens (tertiary/aromatic N) is 2. The van der Waals surface area contributed by atoms with Crippen molar-refractivity contribution in [2.45, 2.75) is 62.5 Å². The third-order valence-electron chi connectivity index (χ3n) is 5.53. The fourth-order valence-electron chi connectivity index (χ4n) is 3.79. The number of hydrogen-bond donors (Lipinski definition) is 2. The van der Waals surface area contributed by atoms with E-state index >= 15 is 0 Å². The van der Waals surface area contributed by atoms with Gasteiger partial charge in [0, 0.05) is 30.0 Å². The number of rotatable bonds is 4. The van der Waals surface area contributed by atoms with E-state index in [1.54, 1.807) is 18.6 Å². The Kier molecular flexibility index (Phi) is 4.34. The van der Waals surface area contributed by atoms with Crippen molar-refractivity contribution in [3.8, 4) is 0 Å². The zero-order chi connectivity index (χ0) is 18.3. The Balaban J connectivity index is 1.53. The third kappa shape index (κ3) is 3.16. The summed E-state index contributed by atoms with van der Waals surface area (Å²) < 4.78 is 25.8. The van der Waals surface area contributed by atoms with Crippen molar-refractivity contribution in [2.75, 3.05) is 0 Å². The number of halogens is 2. The highest BCUT2D eigenvalue weighted by molar-refractivity contribution is 6.00. The van der Waals surface area contributed by atoms with Crippen LogP contribution in [0.15, 0.2) is 24.7 Å². The third-order valence-corrected chi connectivity index (χ3v) is 5.53. The van der Waals surface area contributed by atoms with Gasteiger partial charge in [0.05, 0.1) is 11.1 Å². The Morgan fingerprint density at radius 2 is 1.96 bits per heavy atom. The van der Waals surface area contributed by atoms with Gasteiger partial charge in [0.25, 0.3) is 12.3 Å². The van der Waals surface area contributed by atoms with E-state index < -0.39 is 12.0 Å². The molecule has 0 radical (unpaired) electrons. The monoisotopic (exact) mass is 361 g/mol. The van der Waals surface area contributed by atoms with Crippen LogP contribution >= 0.6 is 0 Å². The first-order chi connectivity index (χ1) is 12.5. The zero-order valence-electron chi connectivity index (χ0n) is 14.3. The number of aromatic nitrogens is 2. The molecule has 26 heavy (non-hydrogen) atoms. The number of hydrogen-bond acceptors (Lipinski definition) is 4. The molecule has 2 aromatic heterocycles. The maximum absolute atomic E-state index is 12.9. The van der Waals surface area contributed by atoms with Gasteiger partial charge < -0.3 is 10.4 Å². The predicted molar refractivity (Wildman–Crippen MR) is 92.2 cm³/mol. The predicted octanol–water partition coefficient (Wildman–Crippen LogP) is 3.18. The van der Waals surface area contributed by atoms with Crippen LogP contribution in [0.3, 0.4) is 0 Å². The summed E-state index contributed by atoms with van der Waals surface area (Å²) in [6.45, 7) is 0. The molecule has 138 valence electrons. The van der Waals surface area contributed by atoms with Crippen molar-refractivity contribution in [1.29, 1.82) is 0 Å². The molecule has 2 aromatic rings. The number of carbonyl (C=O) groups excluding carboxylic acids is 1. The molecule has 7 heteroatoms. The van der Waals surface area contributed by atoms with E-state index in [1.165, 1.54) is 0 Å². The molecule has 0 atom stereocenters. The minimum Gasteiger partial charge on any atom is -0.384 e. The Hall–Kier alpha value is -2.15. The Morgan fingerprint density at radius 1 is 1.23 bits per heavy atom. The molecule has 0 spiro atoms. The second-order valence-electron chi connectivity index (χ2n) is 7.40. The van der Waals surface area contributed by atoms with E-state index in [4.69, 9.17) is 0 Å². The van der Waals surface area contributed by atoms with E-state index in [9.17, 15) is 18.7 Å². The second-order valence-corrected chi connectivity index (χ2v) is 7.40. The van der Waals surface area contributed by atoms with Crippen molar-refractivity contribution < 1.29 is 18.7 Å². The van der Waals surface area contributed by atoms with Gasteiger partial charge in [-0.3, -0.25) is 14.8 Å². The Bertz CT molecular complexity index is 831. The van der Waals surface area contributed by atoms with Gasteiger partial charge in [0.1, 0.15) is 5.60 Å². The number of pyridine rings is 2. The first-order valence-electron chi connectivity index (χ1n) is 9.02. The van der Waals surface area contributed by atoms with Gasteiger partial charge in [-0.15, -0.1) is 0 Å². The Morgan fingerprint density at radius 3 is 2.62 bits per heavy atom. The fraction of sp³-hybridized carbons (Fsp3) is 0.526. The van der Waals surface area contributed by atoms with Gasteiger partial charge >= 0.3 is 0 Å². The van der Waals surface area contributed by atoms with Crippen LogP contribution in [0.4, 0.5) is 8.78 Å². The molecular formula is C19H21F2N3O2.